The summed E-state index contributed by atoms with van der Waals surface area (Å²) in [7, 11) is 1.68. The van der Waals surface area contributed by atoms with Gasteiger partial charge in [0, 0.05) is 49.0 Å². The number of imidazole rings is 1. The second-order valence-corrected chi connectivity index (χ2v) is 8.97. The lowest BCUT2D eigenvalue weighted by molar-refractivity contribution is -0.142. The van der Waals surface area contributed by atoms with E-state index in [9.17, 15) is 22.4 Å². The van der Waals surface area contributed by atoms with E-state index in [0.717, 1.165) is 16.7 Å². The fourth-order valence-corrected chi connectivity index (χ4v) is 4.63. The standard InChI is InChI=1S/C25H21F4N7O/c1-34-12-16-6-7-18(10-20(16)33-34)36-22(25(27,28)29)21(24(37)35-8-2-3-17(31)13-35)32-23(36)14-4-5-15(11-30)19(26)9-14/h4-7,9-10,12,17H,2-3,8,13,31H2,1H3/t17-/m1/s1. The molecule has 2 N–H and O–H groups in total. The minimum Gasteiger partial charge on any atom is -0.336 e. The van der Waals surface area contributed by atoms with Gasteiger partial charge in [-0.05, 0) is 49.2 Å². The van der Waals surface area contributed by atoms with E-state index in [1.807, 2.05) is 0 Å². The van der Waals surface area contributed by atoms with Crippen LogP contribution in [-0.2, 0) is 13.2 Å². The average molecular weight is 511 g/mol. The molecule has 0 radical (unpaired) electrons. The Balaban J connectivity index is 1.78. The maximum atomic E-state index is 14.7. The number of aryl methyl sites for hydroxylation is 1. The lowest BCUT2D eigenvalue weighted by Crippen LogP contribution is -2.46. The molecule has 0 spiro atoms. The smallest absolute Gasteiger partial charge is 0.336 e. The zero-order valence-electron chi connectivity index (χ0n) is 19.6. The molecule has 12 heteroatoms. The molecule has 0 unspecified atom stereocenters. The lowest BCUT2D eigenvalue weighted by atomic mass is 10.1. The molecule has 190 valence electrons. The fraction of sp³-hybridized carbons (Fsp3) is 0.280. The molecule has 1 amide bonds. The summed E-state index contributed by atoms with van der Waals surface area (Å²) >= 11 is 0. The summed E-state index contributed by atoms with van der Waals surface area (Å²) in [5.41, 5.74) is 4.04. The molecule has 0 aliphatic carbocycles. The van der Waals surface area contributed by atoms with E-state index in [2.05, 4.69) is 10.1 Å². The number of carbonyl (C=O) groups is 1. The van der Waals surface area contributed by atoms with Crippen LogP contribution in [0.1, 0.15) is 34.6 Å². The Morgan fingerprint density at radius 3 is 2.68 bits per heavy atom. The summed E-state index contributed by atoms with van der Waals surface area (Å²) < 4.78 is 60.8. The number of amides is 1. The highest BCUT2D eigenvalue weighted by Gasteiger charge is 2.44. The third-order valence-corrected chi connectivity index (χ3v) is 6.30. The Kier molecular flexibility index (Phi) is 5.95. The Hall–Kier alpha value is -4.24. The van der Waals surface area contributed by atoms with Crippen molar-refractivity contribution in [1.29, 1.82) is 5.26 Å². The molecule has 5 rings (SSSR count). The van der Waals surface area contributed by atoms with Crippen LogP contribution in [0, 0.1) is 17.1 Å². The van der Waals surface area contributed by atoms with E-state index in [4.69, 9.17) is 11.0 Å². The van der Waals surface area contributed by atoms with E-state index in [0.29, 0.717) is 23.7 Å². The minimum absolute atomic E-state index is 0.0301. The minimum atomic E-state index is -4.99. The van der Waals surface area contributed by atoms with Gasteiger partial charge in [0.1, 0.15) is 17.7 Å². The van der Waals surface area contributed by atoms with Gasteiger partial charge in [0.05, 0.1) is 11.1 Å². The van der Waals surface area contributed by atoms with Gasteiger partial charge in [-0.3, -0.25) is 14.0 Å². The third kappa shape index (κ3) is 4.42. The molecular weight excluding hydrogens is 490 g/mol. The first-order valence-electron chi connectivity index (χ1n) is 11.5. The van der Waals surface area contributed by atoms with Crippen LogP contribution in [0.2, 0.25) is 0 Å². The molecule has 1 aliphatic heterocycles. The molecule has 1 aliphatic rings. The van der Waals surface area contributed by atoms with Crippen molar-refractivity contribution in [1.82, 2.24) is 24.2 Å². The first-order valence-corrected chi connectivity index (χ1v) is 11.5. The van der Waals surface area contributed by atoms with Crippen LogP contribution in [0.3, 0.4) is 0 Å². The molecule has 37 heavy (non-hydrogen) atoms. The largest absolute Gasteiger partial charge is 0.434 e. The zero-order valence-corrected chi connectivity index (χ0v) is 19.6. The lowest BCUT2D eigenvalue weighted by Gasteiger charge is -2.30. The van der Waals surface area contributed by atoms with Gasteiger partial charge in [0.15, 0.2) is 11.4 Å². The van der Waals surface area contributed by atoms with Crippen LogP contribution in [0.15, 0.2) is 42.6 Å². The average Bonchev–Trinajstić information content (AvgIpc) is 3.43. The third-order valence-electron chi connectivity index (χ3n) is 6.30. The number of hydrogen-bond donors (Lipinski definition) is 1. The number of alkyl halides is 3. The highest BCUT2D eigenvalue weighted by Crippen LogP contribution is 2.39. The number of halogens is 4. The number of nitriles is 1. The van der Waals surface area contributed by atoms with Crippen LogP contribution < -0.4 is 5.73 Å². The van der Waals surface area contributed by atoms with Crippen molar-refractivity contribution in [3.05, 3.63) is 65.4 Å². The molecule has 0 saturated carbocycles. The first-order chi connectivity index (χ1) is 17.6. The van der Waals surface area contributed by atoms with Crippen molar-refractivity contribution >= 4 is 16.8 Å². The maximum Gasteiger partial charge on any atom is 0.434 e. The zero-order chi connectivity index (χ0) is 26.5. The fourth-order valence-electron chi connectivity index (χ4n) is 4.63. The summed E-state index contributed by atoms with van der Waals surface area (Å²) in [6.45, 7) is 0.348. The predicted molar refractivity (Wildman–Crippen MR) is 126 cm³/mol. The molecule has 1 fully saturated rings. The van der Waals surface area contributed by atoms with Gasteiger partial charge in [-0.1, -0.05) is 0 Å². The number of benzene rings is 2. The van der Waals surface area contributed by atoms with E-state index >= 15 is 0 Å². The molecule has 2 aromatic heterocycles. The van der Waals surface area contributed by atoms with Gasteiger partial charge < -0.3 is 10.6 Å². The number of carbonyl (C=O) groups excluding carboxylic acids is 1. The van der Waals surface area contributed by atoms with Gasteiger partial charge in [-0.25, -0.2) is 9.37 Å². The Labute approximate surface area is 208 Å². The van der Waals surface area contributed by atoms with Gasteiger partial charge in [0.2, 0.25) is 0 Å². The van der Waals surface area contributed by atoms with Crippen LogP contribution >= 0.6 is 0 Å². The number of fused-ring (bicyclic) bond motifs is 1. The van der Waals surface area contributed by atoms with E-state index in [1.54, 1.807) is 25.4 Å². The monoisotopic (exact) mass is 511 g/mol. The molecule has 1 atom stereocenters. The SMILES string of the molecule is Cn1cc2ccc(-n3c(-c4ccc(C#N)c(F)c4)nc(C(=O)N4CCC[C@@H](N)C4)c3C(F)(F)F)cc2n1. The molecule has 3 heterocycles. The molecule has 0 bridgehead atoms. The highest BCUT2D eigenvalue weighted by molar-refractivity contribution is 5.95. The Bertz CT molecular complexity index is 1560. The quantitative estimate of drug-likeness (QED) is 0.419. The Morgan fingerprint density at radius 2 is 2.00 bits per heavy atom. The van der Waals surface area contributed by atoms with Gasteiger partial charge in [0.25, 0.3) is 5.91 Å². The van der Waals surface area contributed by atoms with Crippen molar-refractivity contribution in [3.8, 4) is 23.1 Å². The number of rotatable bonds is 3. The summed E-state index contributed by atoms with van der Waals surface area (Å²) in [6.07, 6.45) is -2.06. The number of piperidine rings is 1. The number of likely N-dealkylation sites (tertiary alicyclic amines) is 1. The second-order valence-electron chi connectivity index (χ2n) is 8.97. The van der Waals surface area contributed by atoms with Crippen molar-refractivity contribution in [2.75, 3.05) is 13.1 Å². The van der Waals surface area contributed by atoms with E-state index in [1.165, 1.54) is 27.8 Å². The summed E-state index contributed by atoms with van der Waals surface area (Å²) in [4.78, 5) is 18.8. The highest BCUT2D eigenvalue weighted by atomic mass is 19.4. The summed E-state index contributed by atoms with van der Waals surface area (Å²) in [6, 6.07) is 9.22. The van der Waals surface area contributed by atoms with Crippen LogP contribution in [0.25, 0.3) is 28.0 Å². The Morgan fingerprint density at radius 1 is 1.22 bits per heavy atom. The van der Waals surface area contributed by atoms with Crippen molar-refractivity contribution in [2.24, 2.45) is 12.8 Å². The summed E-state index contributed by atoms with van der Waals surface area (Å²) in [5, 5.41) is 14.0. The normalized spacial score (nSPS) is 16.2. The number of hydrogen-bond acceptors (Lipinski definition) is 5. The molecule has 4 aromatic rings. The van der Waals surface area contributed by atoms with Crippen molar-refractivity contribution in [2.45, 2.75) is 25.1 Å². The second kappa shape index (κ2) is 9.01. The van der Waals surface area contributed by atoms with E-state index in [-0.39, 0.29) is 41.8 Å². The van der Waals surface area contributed by atoms with Crippen LogP contribution in [0.5, 0.6) is 0 Å². The number of aromatic nitrogens is 4. The maximum absolute atomic E-state index is 14.7. The van der Waals surface area contributed by atoms with Gasteiger partial charge in [-0.2, -0.15) is 23.5 Å². The predicted octanol–water partition coefficient (Wildman–Crippen LogP) is 4.02. The topological polar surface area (TPSA) is 106 Å². The molecule has 1 saturated heterocycles. The van der Waals surface area contributed by atoms with Crippen LogP contribution in [-0.4, -0.2) is 49.3 Å². The number of nitrogens with zero attached hydrogens (tertiary/aromatic N) is 6. The molecule has 8 nitrogen and oxygen atoms in total. The van der Waals surface area contributed by atoms with Crippen molar-refractivity contribution in [3.63, 3.8) is 0 Å². The van der Waals surface area contributed by atoms with Crippen LogP contribution in [0.4, 0.5) is 17.6 Å². The molecular formula is C25H21F4N7O. The van der Waals surface area contributed by atoms with Gasteiger partial charge >= 0.3 is 6.18 Å². The number of nitrogens with two attached hydrogens (primary N) is 1. The molecule has 2 aromatic carbocycles. The van der Waals surface area contributed by atoms with Crippen molar-refractivity contribution < 1.29 is 22.4 Å². The van der Waals surface area contributed by atoms with Gasteiger partial charge in [-0.15, -0.1) is 0 Å². The summed E-state index contributed by atoms with van der Waals surface area (Å²) in [5.74, 6) is -2.12. The first kappa shape index (κ1) is 24.5. The van der Waals surface area contributed by atoms with E-state index < -0.39 is 29.3 Å².